The van der Waals surface area contributed by atoms with Gasteiger partial charge in [0.05, 0.1) is 6.54 Å². The van der Waals surface area contributed by atoms with Crippen LogP contribution in [0.4, 0.5) is 0 Å². The van der Waals surface area contributed by atoms with Gasteiger partial charge in [0.25, 0.3) is 0 Å². The van der Waals surface area contributed by atoms with E-state index in [2.05, 4.69) is 28.0 Å². The lowest BCUT2D eigenvalue weighted by Crippen LogP contribution is -2.37. The molecule has 1 saturated heterocycles. The molecule has 1 amide bonds. The highest BCUT2D eigenvalue weighted by Crippen LogP contribution is 2.20. The number of aromatic nitrogens is 1. The molecule has 0 saturated carbocycles. The average Bonchev–Trinajstić information content (AvgIpc) is 2.56. The van der Waals surface area contributed by atoms with Gasteiger partial charge in [-0.25, -0.2) is 0 Å². The third kappa shape index (κ3) is 2.59. The van der Waals surface area contributed by atoms with Crippen LogP contribution in [0, 0.1) is 5.92 Å². The number of hydrogen-bond acceptors (Lipinski definition) is 3. The van der Waals surface area contributed by atoms with E-state index in [1.165, 1.54) is 0 Å². The summed E-state index contributed by atoms with van der Waals surface area (Å²) in [5, 5.41) is 3.73. The molecule has 0 N–H and O–H groups in total. The number of nitrogens with zero attached hydrogens (tertiary/aromatic N) is 2. The third-order valence-electron chi connectivity index (χ3n) is 2.64. The van der Waals surface area contributed by atoms with Crippen molar-refractivity contribution in [2.75, 3.05) is 6.54 Å². The molecule has 0 radical (unpaired) electrons. The number of carbonyl (C=O) groups excluding carboxylic acids is 1. The summed E-state index contributed by atoms with van der Waals surface area (Å²) in [4.78, 5) is 13.5. The second-order valence-electron chi connectivity index (χ2n) is 4.03. The van der Waals surface area contributed by atoms with Gasteiger partial charge in [-0.05, 0) is 28.3 Å². The van der Waals surface area contributed by atoms with E-state index in [0.29, 0.717) is 23.5 Å². The van der Waals surface area contributed by atoms with Crippen molar-refractivity contribution in [3.63, 3.8) is 0 Å². The standard InChI is InChI=1S/C10H13BrN2O2/c1-7-2-3-13(10(14)4-7)6-8-5-9(11)12-15-8/h5,7H,2-4,6H2,1H3. The fraction of sp³-hybridized carbons (Fsp3) is 0.600. The van der Waals surface area contributed by atoms with Gasteiger partial charge in [-0.3, -0.25) is 4.79 Å². The van der Waals surface area contributed by atoms with Crippen LogP contribution in [0.1, 0.15) is 25.5 Å². The highest BCUT2D eigenvalue weighted by atomic mass is 79.9. The molecule has 2 rings (SSSR count). The molecule has 1 unspecified atom stereocenters. The Morgan fingerprint density at radius 2 is 2.53 bits per heavy atom. The van der Waals surface area contributed by atoms with Crippen molar-refractivity contribution in [2.24, 2.45) is 5.92 Å². The second kappa shape index (κ2) is 4.35. The van der Waals surface area contributed by atoms with E-state index < -0.39 is 0 Å². The number of halogens is 1. The topological polar surface area (TPSA) is 46.3 Å². The number of likely N-dealkylation sites (tertiary alicyclic amines) is 1. The molecule has 5 heteroatoms. The normalized spacial score (nSPS) is 22.1. The molecular weight excluding hydrogens is 260 g/mol. The molecule has 1 aliphatic rings. The average molecular weight is 273 g/mol. The molecule has 15 heavy (non-hydrogen) atoms. The first-order chi connectivity index (χ1) is 7.15. The molecule has 1 atom stereocenters. The van der Waals surface area contributed by atoms with Crippen LogP contribution < -0.4 is 0 Å². The zero-order chi connectivity index (χ0) is 10.8. The van der Waals surface area contributed by atoms with Crippen LogP contribution in [0.25, 0.3) is 0 Å². The van der Waals surface area contributed by atoms with Crippen LogP contribution in [-0.4, -0.2) is 22.5 Å². The number of hydrogen-bond donors (Lipinski definition) is 0. The highest BCUT2D eigenvalue weighted by molar-refractivity contribution is 9.10. The number of carbonyl (C=O) groups is 1. The first kappa shape index (κ1) is 10.7. The minimum absolute atomic E-state index is 0.210. The predicted molar refractivity (Wildman–Crippen MR) is 58.0 cm³/mol. The molecule has 4 nitrogen and oxygen atoms in total. The molecule has 0 bridgehead atoms. The van der Waals surface area contributed by atoms with E-state index in [9.17, 15) is 4.79 Å². The number of amides is 1. The molecule has 0 aromatic carbocycles. The van der Waals surface area contributed by atoms with Crippen LogP contribution in [0.5, 0.6) is 0 Å². The molecular formula is C10H13BrN2O2. The lowest BCUT2D eigenvalue weighted by Gasteiger charge is -2.29. The van der Waals surface area contributed by atoms with Crippen LogP contribution in [-0.2, 0) is 11.3 Å². The summed E-state index contributed by atoms with van der Waals surface area (Å²) in [6.45, 7) is 3.46. The fourth-order valence-corrected chi connectivity index (χ4v) is 2.08. The quantitative estimate of drug-likeness (QED) is 0.829. The van der Waals surface area contributed by atoms with Crippen molar-refractivity contribution in [3.8, 4) is 0 Å². The Morgan fingerprint density at radius 3 is 3.13 bits per heavy atom. The summed E-state index contributed by atoms with van der Waals surface area (Å²) in [5.41, 5.74) is 0. The first-order valence-electron chi connectivity index (χ1n) is 5.04. The lowest BCUT2D eigenvalue weighted by atomic mass is 9.98. The van der Waals surface area contributed by atoms with Gasteiger partial charge in [0, 0.05) is 19.0 Å². The summed E-state index contributed by atoms with van der Waals surface area (Å²) in [7, 11) is 0. The molecule has 0 spiro atoms. The van der Waals surface area contributed by atoms with Crippen molar-refractivity contribution in [2.45, 2.75) is 26.3 Å². The maximum Gasteiger partial charge on any atom is 0.223 e. The van der Waals surface area contributed by atoms with Gasteiger partial charge in [-0.2, -0.15) is 0 Å². The molecule has 1 aliphatic heterocycles. The van der Waals surface area contributed by atoms with Crippen LogP contribution in [0.3, 0.4) is 0 Å². The predicted octanol–water partition coefficient (Wildman–Crippen LogP) is 2.20. The second-order valence-corrected chi connectivity index (χ2v) is 4.84. The van der Waals surface area contributed by atoms with Gasteiger partial charge in [0.1, 0.15) is 4.60 Å². The van der Waals surface area contributed by atoms with Gasteiger partial charge >= 0.3 is 0 Å². The Labute approximate surface area is 96.7 Å². The largest absolute Gasteiger partial charge is 0.358 e. The van der Waals surface area contributed by atoms with Gasteiger partial charge in [-0.1, -0.05) is 12.1 Å². The summed E-state index contributed by atoms with van der Waals surface area (Å²) in [6.07, 6.45) is 1.72. The third-order valence-corrected chi connectivity index (χ3v) is 3.02. The monoisotopic (exact) mass is 272 g/mol. The van der Waals surface area contributed by atoms with E-state index in [-0.39, 0.29) is 5.91 Å². The van der Waals surface area contributed by atoms with Gasteiger partial charge in [0.2, 0.25) is 5.91 Å². The van der Waals surface area contributed by atoms with E-state index >= 15 is 0 Å². The number of piperidine rings is 1. The Kier molecular flexibility index (Phi) is 3.09. The number of rotatable bonds is 2. The Balaban J connectivity index is 1.97. The van der Waals surface area contributed by atoms with Crippen LogP contribution >= 0.6 is 15.9 Å². The van der Waals surface area contributed by atoms with E-state index in [1.807, 2.05) is 4.90 Å². The summed E-state index contributed by atoms with van der Waals surface area (Å²) >= 11 is 3.21. The van der Waals surface area contributed by atoms with Crippen LogP contribution in [0.15, 0.2) is 15.2 Å². The van der Waals surface area contributed by atoms with Gasteiger partial charge < -0.3 is 9.42 Å². The summed E-state index contributed by atoms with van der Waals surface area (Å²) in [5.74, 6) is 1.45. The molecule has 0 aliphatic carbocycles. The van der Waals surface area contributed by atoms with Crippen molar-refractivity contribution >= 4 is 21.8 Å². The molecule has 82 valence electrons. The molecule has 1 aromatic rings. The molecule has 2 heterocycles. The summed E-state index contributed by atoms with van der Waals surface area (Å²) < 4.78 is 5.73. The fourth-order valence-electron chi connectivity index (χ4n) is 1.75. The maximum absolute atomic E-state index is 11.7. The van der Waals surface area contributed by atoms with Crippen molar-refractivity contribution in [1.82, 2.24) is 10.1 Å². The Morgan fingerprint density at radius 1 is 1.73 bits per heavy atom. The van der Waals surface area contributed by atoms with Crippen LogP contribution in [0.2, 0.25) is 0 Å². The molecule has 1 fully saturated rings. The minimum atomic E-state index is 0.210. The zero-order valence-corrected chi connectivity index (χ0v) is 10.2. The SMILES string of the molecule is CC1CCN(Cc2cc(Br)no2)C(=O)C1. The highest BCUT2D eigenvalue weighted by Gasteiger charge is 2.23. The van der Waals surface area contributed by atoms with Crippen molar-refractivity contribution < 1.29 is 9.32 Å². The van der Waals surface area contributed by atoms with Gasteiger partial charge in [-0.15, -0.1) is 0 Å². The summed E-state index contributed by atoms with van der Waals surface area (Å²) in [6, 6.07) is 1.80. The smallest absolute Gasteiger partial charge is 0.223 e. The zero-order valence-electron chi connectivity index (χ0n) is 8.57. The minimum Gasteiger partial charge on any atom is -0.358 e. The lowest BCUT2D eigenvalue weighted by molar-refractivity contribution is -0.135. The van der Waals surface area contributed by atoms with Gasteiger partial charge in [0.15, 0.2) is 5.76 Å². The van der Waals surface area contributed by atoms with E-state index in [0.717, 1.165) is 18.7 Å². The Hall–Kier alpha value is -0.840. The first-order valence-corrected chi connectivity index (χ1v) is 5.83. The maximum atomic E-state index is 11.7. The molecule has 1 aromatic heterocycles. The van der Waals surface area contributed by atoms with E-state index in [4.69, 9.17) is 4.52 Å². The Bertz CT molecular complexity index is 364. The van der Waals surface area contributed by atoms with Crippen molar-refractivity contribution in [3.05, 3.63) is 16.4 Å². The van der Waals surface area contributed by atoms with Crippen molar-refractivity contribution in [1.29, 1.82) is 0 Å². The van der Waals surface area contributed by atoms with E-state index in [1.54, 1.807) is 6.07 Å².